The highest BCUT2D eigenvalue weighted by Crippen LogP contribution is 2.43. The van der Waals surface area contributed by atoms with Crippen LogP contribution >= 0.6 is 0 Å². The Labute approximate surface area is 868 Å². The lowest BCUT2D eigenvalue weighted by atomic mass is 9.93. The van der Waals surface area contributed by atoms with Crippen molar-refractivity contribution >= 4 is 136 Å². The zero-order valence-electron chi connectivity index (χ0n) is 82.8. The summed E-state index contributed by atoms with van der Waals surface area (Å²) in [5.74, 6) is -18.5. The Bertz CT molecular complexity index is 5280. The van der Waals surface area contributed by atoms with Crippen LogP contribution in [0, 0.1) is 0 Å². The molecule has 25 atom stereocenters. The summed E-state index contributed by atoms with van der Waals surface area (Å²) in [6.07, 6.45) is -61.0. The maximum absolute atomic E-state index is 14.9. The van der Waals surface area contributed by atoms with Gasteiger partial charge in [-0.05, 0) is 38.5 Å². The highest BCUT2D eigenvalue weighted by molar-refractivity contribution is 7.86. The van der Waals surface area contributed by atoms with Gasteiger partial charge in [0.15, 0.2) is 80.1 Å². The number of aliphatic hydroxyl groups excluding tert-OH is 1. The van der Waals surface area contributed by atoms with Crippen molar-refractivity contribution in [3.8, 4) is 0 Å². The highest BCUT2D eigenvalue weighted by atomic mass is 32.3. The van der Waals surface area contributed by atoms with Crippen molar-refractivity contribution in [1.82, 2.24) is 14.2 Å². The van der Waals surface area contributed by atoms with Gasteiger partial charge in [0.2, 0.25) is 6.29 Å². The molecule has 0 spiro atoms. The highest BCUT2D eigenvalue weighted by Gasteiger charge is 2.65. The third kappa shape index (κ3) is 50.7. The molecule has 0 aromatic rings. The summed E-state index contributed by atoms with van der Waals surface area (Å²) in [6.45, 7) is 5.74. The van der Waals surface area contributed by atoms with Gasteiger partial charge in [-0.1, -0.05) is 196 Å². The molecule has 0 radical (unpaired) electrons. The van der Waals surface area contributed by atoms with Gasteiger partial charge in [-0.3, -0.25) is 65.2 Å². The Morgan fingerprint density at radius 3 is 0.853 bits per heavy atom. The molecule has 0 saturated carbocycles. The number of ether oxygens (including phenoxy) is 16. The number of rotatable bonds is 74. The number of carboxylic acid groups (broad SMARTS) is 3. The number of hydrogen-bond acceptors (Lipinski definition) is 46. The molecule has 0 amide bonds. The van der Waals surface area contributed by atoms with Gasteiger partial charge < -0.3 is 96.2 Å². The van der Waals surface area contributed by atoms with Gasteiger partial charge in [-0.15, -0.1) is 0 Å². The number of unbranched alkanes of at least 4 members (excludes halogenated alkanes) is 24. The van der Waals surface area contributed by atoms with Crippen molar-refractivity contribution in [1.29, 1.82) is 0 Å². The number of carbonyl (C=O) groups is 9. The lowest BCUT2D eigenvalue weighted by molar-refractivity contribution is -0.372. The first-order valence-corrected chi connectivity index (χ1v) is 59.9. The van der Waals surface area contributed by atoms with Crippen LogP contribution in [0.2, 0.25) is 0 Å². The first-order chi connectivity index (χ1) is 70.0. The summed E-state index contributed by atoms with van der Waals surface area (Å²) in [4.78, 5) is 127. The van der Waals surface area contributed by atoms with Crippen LogP contribution in [-0.4, -0.2) is 357 Å². The summed E-state index contributed by atoms with van der Waals surface area (Å²) >= 11 is 0. The number of aliphatic hydroxyl groups is 1. The number of carboxylic acids is 3. The van der Waals surface area contributed by atoms with Crippen molar-refractivity contribution < 1.29 is 260 Å². The maximum Gasteiger partial charge on any atom is 0.397 e. The minimum absolute atomic E-state index is 0.00928. The van der Waals surface area contributed by atoms with E-state index in [-0.39, 0.29) is 76.7 Å². The van der Waals surface area contributed by atoms with Crippen LogP contribution in [0.15, 0.2) is 11.8 Å². The summed E-state index contributed by atoms with van der Waals surface area (Å²) in [5, 5.41) is 45.0. The van der Waals surface area contributed by atoms with E-state index >= 15 is 0 Å². The van der Waals surface area contributed by atoms with E-state index in [0.29, 0.717) is 116 Å². The van der Waals surface area contributed by atoms with E-state index in [2.05, 4.69) is 4.18 Å². The molecule has 150 heavy (non-hydrogen) atoms. The van der Waals surface area contributed by atoms with Gasteiger partial charge >= 0.3 is 126 Å². The predicted octanol–water partition coefficient (Wildman–Crippen LogP) is 3.12. The summed E-state index contributed by atoms with van der Waals surface area (Å²) < 4.78 is 415. The number of nitrogens with one attached hydrogen (secondary N) is 3. The Morgan fingerprint density at radius 2 is 0.567 bits per heavy atom. The third-order valence-electron chi connectivity index (χ3n) is 23.2. The molecule has 5 rings (SSSR count). The average Bonchev–Trinajstić information content (AvgIpc) is 0.745. The van der Waals surface area contributed by atoms with Crippen molar-refractivity contribution in [2.45, 2.75) is 426 Å². The number of hydrogen-bond donors (Lipinski definition) is 15. The van der Waals surface area contributed by atoms with E-state index in [0.717, 1.165) is 12.8 Å². The summed E-state index contributed by atoms with van der Waals surface area (Å²) in [7, 11) is -48.6. The van der Waals surface area contributed by atoms with Crippen molar-refractivity contribution in [2.75, 3.05) is 25.6 Å². The SMILES string of the molecule is CCCCCCCC(=O)OC/C(=C\C(=O)O)OC1OC(COS(=O)(=O)O)C(OC2OC(C(=O)O)C(OC3OC(COS(=O)(=O)O)C(OC4OC(C(=O)O)C(OC5OC(CS(=O)(=O)O)C(O)C(OC(=O)CCCCCCC)C5NS(=O)(=O)O)C(OC(=O)CCCCCCC)C4OS(=O)(=O)O)C(OC(=O)CCCCCCC)C3NS(=O)(=O)O)C(OC(=O)CCCCCCC)C2OS(=O)(=O)O)C(OC(=O)CCCCCCC)C1NS(=O)(=O)O. The van der Waals surface area contributed by atoms with Gasteiger partial charge in [0.1, 0.15) is 85.1 Å². The van der Waals surface area contributed by atoms with Crippen LogP contribution in [0.3, 0.4) is 0 Å². The first-order valence-electron chi connectivity index (χ1n) is 48.5. The zero-order chi connectivity index (χ0) is 112. The van der Waals surface area contributed by atoms with E-state index < -0.39 is 353 Å². The van der Waals surface area contributed by atoms with Gasteiger partial charge in [-0.25, -0.2) is 31.1 Å². The molecule has 5 heterocycles. The van der Waals surface area contributed by atoms with E-state index in [9.17, 15) is 167 Å². The van der Waals surface area contributed by atoms with Crippen LogP contribution in [0.5, 0.6) is 0 Å². The van der Waals surface area contributed by atoms with Gasteiger partial charge in [0.25, 0.3) is 10.1 Å². The average molecular weight is 2340 g/mol. The molecule has 872 valence electrons. The number of aliphatic carboxylic acids is 3. The number of esters is 6. The first kappa shape index (κ1) is 134. The largest absolute Gasteiger partial charge is 0.479 e. The maximum atomic E-state index is 14.9. The number of carbonyl (C=O) groups excluding carboxylic acids is 6. The molecule has 60 nitrogen and oxygen atoms in total. The molecule has 68 heteroatoms. The molecule has 5 aliphatic heterocycles. The summed E-state index contributed by atoms with van der Waals surface area (Å²) in [6, 6.07) is -8.77. The molecule has 0 aliphatic carbocycles. The molecular weight excluding hydrogens is 2200 g/mol. The summed E-state index contributed by atoms with van der Waals surface area (Å²) in [5.41, 5.74) is 0. The van der Waals surface area contributed by atoms with Crippen LogP contribution in [0.1, 0.15) is 273 Å². The van der Waals surface area contributed by atoms with Crippen molar-refractivity contribution in [3.63, 3.8) is 0 Å². The Morgan fingerprint density at radius 1 is 0.293 bits per heavy atom. The van der Waals surface area contributed by atoms with E-state index in [1.54, 1.807) is 32.4 Å². The Balaban J connectivity index is 1.95. The second-order valence-electron chi connectivity index (χ2n) is 35.5. The third-order valence-corrected chi connectivity index (χ3v) is 27.5. The smallest absolute Gasteiger partial charge is 0.397 e. The fraction of sp³-hybridized carbons (Fsp3) is 0.866. The Kier molecular flexibility index (Phi) is 57.4. The molecular formula is C82H139N3O57S8. The molecule has 0 aromatic heterocycles. The van der Waals surface area contributed by atoms with Crippen molar-refractivity contribution in [3.05, 3.63) is 11.8 Å². The minimum atomic E-state index is -6.49. The second-order valence-corrected chi connectivity index (χ2v) is 44.9. The van der Waals surface area contributed by atoms with Crippen LogP contribution in [0.4, 0.5) is 0 Å². The fourth-order valence-corrected chi connectivity index (χ4v) is 20.5. The second kappa shape index (κ2) is 64.3. The van der Waals surface area contributed by atoms with Gasteiger partial charge in [-0.2, -0.15) is 81.5 Å². The fourth-order valence-electron chi connectivity index (χ4n) is 16.4. The molecule has 5 saturated heterocycles. The zero-order valence-corrected chi connectivity index (χ0v) is 89.3. The quantitative estimate of drug-likeness (QED) is 0.0104. The van der Waals surface area contributed by atoms with Gasteiger partial charge in [0, 0.05) is 38.5 Å². The van der Waals surface area contributed by atoms with E-state index in [1.165, 1.54) is 9.44 Å². The molecule has 0 bridgehead atoms. The predicted molar refractivity (Wildman–Crippen MR) is 501 cm³/mol. The lowest BCUT2D eigenvalue weighted by Crippen LogP contribution is -2.72. The lowest BCUT2D eigenvalue weighted by Gasteiger charge is -2.51. The van der Waals surface area contributed by atoms with Crippen LogP contribution < -0.4 is 14.2 Å². The Hall–Kier alpha value is -6.63. The van der Waals surface area contributed by atoms with E-state index in [1.807, 2.05) is 13.8 Å². The monoisotopic (exact) mass is 2330 g/mol. The molecule has 25 unspecified atom stereocenters. The van der Waals surface area contributed by atoms with Gasteiger partial charge in [0.05, 0.1) is 19.3 Å². The molecule has 0 aromatic carbocycles. The van der Waals surface area contributed by atoms with Crippen LogP contribution in [0.25, 0.3) is 0 Å². The molecule has 5 fully saturated rings. The topological polar surface area (TPSA) is 890 Å². The van der Waals surface area contributed by atoms with Crippen molar-refractivity contribution in [2.24, 2.45) is 0 Å². The minimum Gasteiger partial charge on any atom is -0.479 e. The van der Waals surface area contributed by atoms with E-state index in [4.69, 9.17) is 88.3 Å². The van der Waals surface area contributed by atoms with Crippen LogP contribution in [-0.2, 0) is 218 Å². The molecule has 5 aliphatic rings. The standard InChI is InChI=1S/C82H139N3O57S8/c1-7-13-19-25-31-37-53(88)123-44-48(43-52(86)87)126-78-60(84-145(105,106)107)66(131-55(90)39-33-27-21-15-9-3)63(49(127-78)45-124-147(111,112)113)135-81-75(142-150(120,121)122)71(134-58(93)42-36-30-24-18-12-6)69(73(140-81)77(97)98)138-80-61(85-146(108,109)110)67(132-56(91)40-34-28-22-16-10-4)64(50(128-80)46-125-148(114,115)116)136-82-74(141-149(117,118)119)70(133-57(92)41-35-29-23-17-11-5)68(72(139-82)76(95)96)137-79-59(83-144(102,103)104)65(62(94)51(129-79)47-143(99,100)101)130-54(89)38-32-26-20-14-8-2/h43,49-51,59-75,78-85,94H,7-42,44-47H2,1-6H3,(H,86,87)(H,95,96)(H,97,98)(H,99,100,101)(H,102,103,104)(H,105,106,107)(H,108,109,110)(H,111,112,113)(H,114,115,116)(H,117,118,119)(H,120,121,122)/b48-43+. The normalized spacial score (nSPS) is 27.9. The molecule has 15 N–H and O–H groups in total.